The number of rotatable bonds is 5. The minimum Gasteiger partial charge on any atom is -0.467 e. The molecule has 2 aromatic heterocycles. The predicted octanol–water partition coefficient (Wildman–Crippen LogP) is 3.09. The van der Waals surface area contributed by atoms with Crippen molar-refractivity contribution >= 4 is 17.4 Å². The molecule has 0 aliphatic carbocycles. The largest absolute Gasteiger partial charge is 0.467 e. The molecule has 1 amide bonds. The van der Waals surface area contributed by atoms with E-state index in [0.717, 1.165) is 11.4 Å². The maximum absolute atomic E-state index is 13.1. The first-order valence-corrected chi connectivity index (χ1v) is 9.50. The number of hydrogen-bond donors (Lipinski definition) is 1. The van der Waals surface area contributed by atoms with Crippen molar-refractivity contribution in [1.29, 1.82) is 0 Å². The highest BCUT2D eigenvalue weighted by molar-refractivity contribution is 5.93. The number of nitrogens with one attached hydrogen (secondary N) is 1. The van der Waals surface area contributed by atoms with Crippen LogP contribution in [0.3, 0.4) is 0 Å². The molecule has 0 spiro atoms. The third-order valence-corrected chi connectivity index (χ3v) is 4.84. The van der Waals surface area contributed by atoms with E-state index in [2.05, 4.69) is 20.2 Å². The van der Waals surface area contributed by atoms with Crippen molar-refractivity contribution < 1.29 is 13.6 Å². The molecule has 1 aliphatic rings. The van der Waals surface area contributed by atoms with Gasteiger partial charge in [0.2, 0.25) is 0 Å². The van der Waals surface area contributed by atoms with Crippen LogP contribution in [0.1, 0.15) is 22.1 Å². The summed E-state index contributed by atoms with van der Waals surface area (Å²) in [6.07, 6.45) is 1.61. The standard InChI is InChI=1S/C21H22FN5O2/c1-15-24-19(13-20(25-15)23-14-18-3-2-12-29-18)21(28)27-10-8-26(9-11-27)17-6-4-16(22)5-7-17/h2-7,12-13H,8-11,14H2,1H3,(H,23,24,25). The highest BCUT2D eigenvalue weighted by Crippen LogP contribution is 2.18. The van der Waals surface area contributed by atoms with Crippen LogP contribution in [0.5, 0.6) is 0 Å². The van der Waals surface area contributed by atoms with Gasteiger partial charge in [0.1, 0.15) is 28.9 Å². The Morgan fingerprint density at radius 3 is 2.59 bits per heavy atom. The third-order valence-electron chi connectivity index (χ3n) is 4.84. The molecule has 0 atom stereocenters. The molecule has 3 heterocycles. The second-order valence-electron chi connectivity index (χ2n) is 6.87. The van der Waals surface area contributed by atoms with Gasteiger partial charge in [-0.1, -0.05) is 0 Å². The lowest BCUT2D eigenvalue weighted by atomic mass is 10.2. The van der Waals surface area contributed by atoms with E-state index < -0.39 is 0 Å². The predicted molar refractivity (Wildman–Crippen MR) is 107 cm³/mol. The monoisotopic (exact) mass is 395 g/mol. The minimum atomic E-state index is -0.252. The number of hydrogen-bond acceptors (Lipinski definition) is 6. The molecule has 150 valence electrons. The zero-order valence-electron chi connectivity index (χ0n) is 16.1. The normalized spacial score (nSPS) is 14.1. The van der Waals surface area contributed by atoms with Crippen molar-refractivity contribution in [1.82, 2.24) is 14.9 Å². The average Bonchev–Trinajstić information content (AvgIpc) is 3.26. The van der Waals surface area contributed by atoms with Crippen molar-refractivity contribution in [2.45, 2.75) is 13.5 Å². The summed E-state index contributed by atoms with van der Waals surface area (Å²) in [4.78, 5) is 25.5. The first kappa shape index (κ1) is 18.9. The topological polar surface area (TPSA) is 74.5 Å². The zero-order chi connectivity index (χ0) is 20.2. The van der Waals surface area contributed by atoms with E-state index in [0.29, 0.717) is 50.1 Å². The Morgan fingerprint density at radius 2 is 1.90 bits per heavy atom. The van der Waals surface area contributed by atoms with Crippen LogP contribution in [-0.2, 0) is 6.54 Å². The summed E-state index contributed by atoms with van der Waals surface area (Å²) >= 11 is 0. The summed E-state index contributed by atoms with van der Waals surface area (Å²) in [6.45, 7) is 4.77. The number of piperazine rings is 1. The number of carbonyl (C=O) groups excluding carboxylic acids is 1. The van der Waals surface area contributed by atoms with Gasteiger partial charge in [-0.15, -0.1) is 0 Å². The SMILES string of the molecule is Cc1nc(NCc2ccco2)cc(C(=O)N2CCN(c3ccc(F)cc3)CC2)n1. The van der Waals surface area contributed by atoms with Gasteiger partial charge in [-0.2, -0.15) is 0 Å². The number of aryl methyl sites for hydroxylation is 1. The van der Waals surface area contributed by atoms with E-state index >= 15 is 0 Å². The fourth-order valence-corrected chi connectivity index (χ4v) is 3.34. The molecule has 8 heteroatoms. The molecular weight excluding hydrogens is 373 g/mol. The van der Waals surface area contributed by atoms with Gasteiger partial charge in [0.25, 0.3) is 5.91 Å². The molecule has 0 saturated carbocycles. The van der Waals surface area contributed by atoms with Crippen LogP contribution in [0, 0.1) is 12.7 Å². The first-order chi connectivity index (χ1) is 14.1. The first-order valence-electron chi connectivity index (χ1n) is 9.50. The fourth-order valence-electron chi connectivity index (χ4n) is 3.34. The minimum absolute atomic E-state index is 0.115. The number of nitrogens with zero attached hydrogens (tertiary/aromatic N) is 4. The van der Waals surface area contributed by atoms with Gasteiger partial charge in [-0.3, -0.25) is 4.79 Å². The van der Waals surface area contributed by atoms with Gasteiger partial charge < -0.3 is 19.5 Å². The number of carbonyl (C=O) groups is 1. The van der Waals surface area contributed by atoms with Gasteiger partial charge in [-0.05, 0) is 43.3 Å². The lowest BCUT2D eigenvalue weighted by Gasteiger charge is -2.36. The zero-order valence-corrected chi connectivity index (χ0v) is 16.1. The molecule has 4 rings (SSSR count). The molecule has 3 aromatic rings. The lowest BCUT2D eigenvalue weighted by Crippen LogP contribution is -2.49. The number of amides is 1. The summed E-state index contributed by atoms with van der Waals surface area (Å²) in [6, 6.07) is 11.8. The summed E-state index contributed by atoms with van der Waals surface area (Å²) in [5, 5.41) is 3.16. The molecule has 1 aliphatic heterocycles. The van der Waals surface area contributed by atoms with Crippen LogP contribution < -0.4 is 10.2 Å². The summed E-state index contributed by atoms with van der Waals surface area (Å²) in [5.41, 5.74) is 1.33. The van der Waals surface area contributed by atoms with E-state index in [-0.39, 0.29) is 11.7 Å². The highest BCUT2D eigenvalue weighted by Gasteiger charge is 2.24. The molecule has 0 radical (unpaired) electrons. The summed E-state index contributed by atoms with van der Waals surface area (Å²) < 4.78 is 18.4. The van der Waals surface area contributed by atoms with E-state index in [1.54, 1.807) is 36.3 Å². The molecule has 1 saturated heterocycles. The number of benzene rings is 1. The molecule has 1 aromatic carbocycles. The molecule has 7 nitrogen and oxygen atoms in total. The number of anilines is 2. The Bertz CT molecular complexity index is 967. The van der Waals surface area contributed by atoms with Gasteiger partial charge in [0, 0.05) is 37.9 Å². The van der Waals surface area contributed by atoms with Crippen molar-refractivity contribution in [3.63, 3.8) is 0 Å². The molecule has 1 N–H and O–H groups in total. The van der Waals surface area contributed by atoms with Gasteiger partial charge in [-0.25, -0.2) is 14.4 Å². The quantitative estimate of drug-likeness (QED) is 0.716. The molecule has 0 unspecified atom stereocenters. The highest BCUT2D eigenvalue weighted by atomic mass is 19.1. The van der Waals surface area contributed by atoms with Crippen LogP contribution in [0.25, 0.3) is 0 Å². The van der Waals surface area contributed by atoms with E-state index in [4.69, 9.17) is 4.42 Å². The third kappa shape index (κ3) is 4.53. The second kappa shape index (κ2) is 8.30. The Labute approximate surface area is 168 Å². The van der Waals surface area contributed by atoms with Gasteiger partial charge in [0.05, 0.1) is 12.8 Å². The van der Waals surface area contributed by atoms with E-state index in [9.17, 15) is 9.18 Å². The Kier molecular flexibility index (Phi) is 5.41. The van der Waals surface area contributed by atoms with Crippen LogP contribution in [-0.4, -0.2) is 47.0 Å². The van der Waals surface area contributed by atoms with Crippen molar-refractivity contribution in [3.8, 4) is 0 Å². The summed E-state index contributed by atoms with van der Waals surface area (Å²) in [7, 11) is 0. The molecule has 1 fully saturated rings. The van der Waals surface area contributed by atoms with E-state index in [1.807, 2.05) is 12.1 Å². The van der Waals surface area contributed by atoms with Crippen LogP contribution >= 0.6 is 0 Å². The number of furan rings is 1. The van der Waals surface area contributed by atoms with Gasteiger partial charge >= 0.3 is 0 Å². The molecule has 0 bridgehead atoms. The van der Waals surface area contributed by atoms with Crippen LogP contribution in [0.2, 0.25) is 0 Å². The smallest absolute Gasteiger partial charge is 0.272 e. The summed E-state index contributed by atoms with van der Waals surface area (Å²) in [5.74, 6) is 1.53. The molecule has 29 heavy (non-hydrogen) atoms. The molecular formula is C21H22FN5O2. The number of halogens is 1. The average molecular weight is 395 g/mol. The number of aromatic nitrogens is 2. The van der Waals surface area contributed by atoms with E-state index in [1.165, 1.54) is 12.1 Å². The van der Waals surface area contributed by atoms with Gasteiger partial charge in [0.15, 0.2) is 0 Å². The fraction of sp³-hybridized carbons (Fsp3) is 0.286. The van der Waals surface area contributed by atoms with Crippen molar-refractivity contribution in [2.24, 2.45) is 0 Å². The lowest BCUT2D eigenvalue weighted by molar-refractivity contribution is 0.0740. The maximum atomic E-state index is 13.1. The Balaban J connectivity index is 1.39. The van der Waals surface area contributed by atoms with Crippen molar-refractivity contribution in [3.05, 3.63) is 71.8 Å². The van der Waals surface area contributed by atoms with Crippen molar-refractivity contribution in [2.75, 3.05) is 36.4 Å². The Hall–Kier alpha value is -3.42. The maximum Gasteiger partial charge on any atom is 0.272 e. The van der Waals surface area contributed by atoms with Crippen LogP contribution in [0.4, 0.5) is 15.9 Å². The van der Waals surface area contributed by atoms with Crippen LogP contribution in [0.15, 0.2) is 53.1 Å². The Morgan fingerprint density at radius 1 is 1.14 bits per heavy atom. The second-order valence-corrected chi connectivity index (χ2v) is 6.87.